The van der Waals surface area contributed by atoms with Gasteiger partial charge in [-0.25, -0.2) is 13.1 Å². The van der Waals surface area contributed by atoms with Crippen molar-refractivity contribution in [3.63, 3.8) is 0 Å². The molecule has 0 spiro atoms. The topological polar surface area (TPSA) is 55.4 Å². The van der Waals surface area contributed by atoms with Gasteiger partial charge in [-0.05, 0) is 30.7 Å². The first-order valence-corrected chi connectivity index (χ1v) is 7.84. The summed E-state index contributed by atoms with van der Waals surface area (Å²) >= 11 is 3.32. The van der Waals surface area contributed by atoms with Crippen LogP contribution in [0.3, 0.4) is 0 Å². The van der Waals surface area contributed by atoms with Gasteiger partial charge in [-0.1, -0.05) is 22.9 Å². The van der Waals surface area contributed by atoms with Crippen molar-refractivity contribution in [2.24, 2.45) is 0 Å². The molecule has 1 N–H and O–H groups in total. The Morgan fingerprint density at radius 2 is 1.94 bits per heavy atom. The fourth-order valence-corrected chi connectivity index (χ4v) is 2.58. The van der Waals surface area contributed by atoms with E-state index in [1.165, 1.54) is 0 Å². The quantitative estimate of drug-likeness (QED) is 0.783. The summed E-state index contributed by atoms with van der Waals surface area (Å²) in [7, 11) is -3.13. The van der Waals surface area contributed by atoms with Crippen molar-refractivity contribution in [1.82, 2.24) is 4.72 Å². The number of benzene rings is 1. The molecule has 0 aliphatic heterocycles. The molecule has 1 aromatic carbocycles. The van der Waals surface area contributed by atoms with E-state index in [2.05, 4.69) is 20.7 Å². The molecule has 0 saturated carbocycles. The van der Waals surface area contributed by atoms with Gasteiger partial charge in [0.25, 0.3) is 0 Å². The normalized spacial score (nSPS) is 11.4. The van der Waals surface area contributed by atoms with Crippen LogP contribution < -0.4 is 9.46 Å². The summed E-state index contributed by atoms with van der Waals surface area (Å²) in [4.78, 5) is 0. The van der Waals surface area contributed by atoms with Crippen LogP contribution in [0.2, 0.25) is 0 Å². The van der Waals surface area contributed by atoms with E-state index in [1.807, 2.05) is 31.2 Å². The van der Waals surface area contributed by atoms with E-state index in [-0.39, 0.29) is 5.75 Å². The van der Waals surface area contributed by atoms with Gasteiger partial charge >= 0.3 is 0 Å². The number of nitrogens with one attached hydrogen (secondary N) is 1. The lowest BCUT2D eigenvalue weighted by molar-refractivity contribution is 0.323. The molecular weight excluding hydrogens is 306 g/mol. The number of hydrogen-bond acceptors (Lipinski definition) is 3. The molecule has 0 aliphatic carbocycles. The molecule has 96 valence electrons. The highest BCUT2D eigenvalue weighted by Gasteiger charge is 2.06. The second kappa shape index (κ2) is 6.98. The highest BCUT2D eigenvalue weighted by atomic mass is 79.9. The zero-order chi connectivity index (χ0) is 12.7. The summed E-state index contributed by atoms with van der Waals surface area (Å²) in [5.74, 6) is 0.883. The van der Waals surface area contributed by atoms with Crippen LogP contribution in [-0.4, -0.2) is 27.3 Å². The largest absolute Gasteiger partial charge is 0.492 e. The minimum atomic E-state index is -3.13. The fourth-order valence-electron chi connectivity index (χ4n) is 1.24. The van der Waals surface area contributed by atoms with Crippen molar-refractivity contribution in [1.29, 1.82) is 0 Å². The third kappa shape index (κ3) is 6.05. The van der Waals surface area contributed by atoms with Gasteiger partial charge in [-0.3, -0.25) is 0 Å². The van der Waals surface area contributed by atoms with Crippen molar-refractivity contribution in [2.75, 3.05) is 18.9 Å². The lowest BCUT2D eigenvalue weighted by Gasteiger charge is -2.07. The van der Waals surface area contributed by atoms with Crippen molar-refractivity contribution in [3.05, 3.63) is 28.7 Å². The van der Waals surface area contributed by atoms with Crippen LogP contribution in [0.25, 0.3) is 0 Å². The maximum Gasteiger partial charge on any atom is 0.211 e. The molecule has 0 heterocycles. The fraction of sp³-hybridized carbons (Fsp3) is 0.455. The maximum atomic E-state index is 11.3. The average molecular weight is 322 g/mol. The number of ether oxygens (including phenoxy) is 1. The predicted molar refractivity (Wildman–Crippen MR) is 71.7 cm³/mol. The molecule has 1 aromatic rings. The minimum Gasteiger partial charge on any atom is -0.492 e. The van der Waals surface area contributed by atoms with Crippen molar-refractivity contribution in [2.45, 2.75) is 13.3 Å². The second-order valence-electron chi connectivity index (χ2n) is 3.52. The first-order valence-electron chi connectivity index (χ1n) is 5.39. The predicted octanol–water partition coefficient (Wildman–Crippen LogP) is 2.16. The third-order valence-electron chi connectivity index (χ3n) is 1.98. The van der Waals surface area contributed by atoms with Crippen LogP contribution in [0.5, 0.6) is 5.75 Å². The average Bonchev–Trinajstić information content (AvgIpc) is 2.27. The zero-order valence-electron chi connectivity index (χ0n) is 9.65. The molecular formula is C11H16BrNO3S. The van der Waals surface area contributed by atoms with Gasteiger partial charge in [0.15, 0.2) is 0 Å². The molecule has 0 unspecified atom stereocenters. The lowest BCUT2D eigenvalue weighted by atomic mass is 10.3. The van der Waals surface area contributed by atoms with Crippen molar-refractivity contribution < 1.29 is 13.2 Å². The summed E-state index contributed by atoms with van der Waals surface area (Å²) < 4.78 is 31.5. The Morgan fingerprint density at radius 1 is 1.29 bits per heavy atom. The van der Waals surface area contributed by atoms with Gasteiger partial charge < -0.3 is 4.74 Å². The van der Waals surface area contributed by atoms with Gasteiger partial charge in [0.2, 0.25) is 10.0 Å². The molecule has 17 heavy (non-hydrogen) atoms. The molecule has 0 bridgehead atoms. The summed E-state index contributed by atoms with van der Waals surface area (Å²) in [6.07, 6.45) is 0.614. The highest BCUT2D eigenvalue weighted by molar-refractivity contribution is 9.10. The molecule has 1 rings (SSSR count). The first-order chi connectivity index (χ1) is 8.03. The number of hydrogen-bond donors (Lipinski definition) is 1. The Balaban J connectivity index is 2.27. The first kappa shape index (κ1) is 14.5. The van der Waals surface area contributed by atoms with Crippen molar-refractivity contribution in [3.8, 4) is 5.75 Å². The van der Waals surface area contributed by atoms with E-state index < -0.39 is 10.0 Å². The Morgan fingerprint density at radius 3 is 2.53 bits per heavy atom. The van der Waals surface area contributed by atoms with Gasteiger partial charge in [-0.15, -0.1) is 0 Å². The molecule has 0 aliphatic rings. The van der Waals surface area contributed by atoms with Gasteiger partial charge in [0.05, 0.1) is 5.75 Å². The van der Waals surface area contributed by atoms with Crippen LogP contribution in [-0.2, 0) is 10.0 Å². The number of rotatable bonds is 7. The molecule has 0 fully saturated rings. The highest BCUT2D eigenvalue weighted by Crippen LogP contribution is 2.15. The van der Waals surface area contributed by atoms with E-state index in [0.717, 1.165) is 10.2 Å². The minimum absolute atomic E-state index is 0.158. The lowest BCUT2D eigenvalue weighted by Crippen LogP contribution is -2.30. The smallest absolute Gasteiger partial charge is 0.211 e. The molecule has 4 nitrogen and oxygen atoms in total. The van der Waals surface area contributed by atoms with E-state index in [9.17, 15) is 8.42 Å². The van der Waals surface area contributed by atoms with Crippen molar-refractivity contribution >= 4 is 26.0 Å². The van der Waals surface area contributed by atoms with Crippen LogP contribution in [0.15, 0.2) is 28.7 Å². The van der Waals surface area contributed by atoms with Crippen LogP contribution >= 0.6 is 15.9 Å². The summed E-state index contributed by atoms with van der Waals surface area (Å²) in [5.41, 5.74) is 0. The van der Waals surface area contributed by atoms with E-state index >= 15 is 0 Å². The number of halogens is 1. The van der Waals surface area contributed by atoms with E-state index in [0.29, 0.717) is 19.6 Å². The number of sulfonamides is 1. The van der Waals surface area contributed by atoms with Gasteiger partial charge in [0, 0.05) is 11.0 Å². The van der Waals surface area contributed by atoms with E-state index in [4.69, 9.17) is 4.74 Å². The molecule has 0 saturated heterocycles. The summed E-state index contributed by atoms with van der Waals surface area (Å²) in [5, 5.41) is 0. The molecule has 0 atom stereocenters. The monoisotopic (exact) mass is 321 g/mol. The molecule has 0 radical (unpaired) electrons. The maximum absolute atomic E-state index is 11.3. The Hall–Kier alpha value is -0.590. The molecule has 0 amide bonds. The summed E-state index contributed by atoms with van der Waals surface area (Å²) in [6, 6.07) is 7.39. The Kier molecular flexibility index (Phi) is 5.94. The SMILES string of the molecule is CCCS(=O)(=O)NCCOc1ccc(Br)cc1. The van der Waals surface area contributed by atoms with Crippen LogP contribution in [0.1, 0.15) is 13.3 Å². The molecule has 0 aromatic heterocycles. The van der Waals surface area contributed by atoms with Crippen LogP contribution in [0.4, 0.5) is 0 Å². The van der Waals surface area contributed by atoms with Gasteiger partial charge in [0.1, 0.15) is 12.4 Å². The second-order valence-corrected chi connectivity index (χ2v) is 6.36. The Labute approximate surface area is 111 Å². The Bertz CT molecular complexity index is 431. The van der Waals surface area contributed by atoms with Gasteiger partial charge in [-0.2, -0.15) is 0 Å². The third-order valence-corrected chi connectivity index (χ3v) is 4.10. The summed E-state index contributed by atoms with van der Waals surface area (Å²) in [6.45, 7) is 2.44. The molecule has 6 heteroatoms. The van der Waals surface area contributed by atoms with E-state index in [1.54, 1.807) is 0 Å². The zero-order valence-corrected chi connectivity index (χ0v) is 12.1. The standard InChI is InChI=1S/C11H16BrNO3S/c1-2-9-17(14,15)13-7-8-16-11-5-3-10(12)4-6-11/h3-6,13H,2,7-9H2,1H3. The van der Waals surface area contributed by atoms with Crippen LogP contribution in [0, 0.1) is 0 Å².